The molecule has 0 saturated heterocycles. The first kappa shape index (κ1) is 29.5. The van der Waals surface area contributed by atoms with Gasteiger partial charge in [0.25, 0.3) is 0 Å². The molecule has 8 aromatic carbocycles. The van der Waals surface area contributed by atoms with E-state index in [1.165, 1.54) is 66.0 Å². The lowest BCUT2D eigenvalue weighted by molar-refractivity contribution is 0.660. The summed E-state index contributed by atoms with van der Waals surface area (Å²) in [5.41, 5.74) is 14.7. The largest absolute Gasteiger partial charge is 0.310 e. The van der Waals surface area contributed by atoms with Crippen LogP contribution in [0.15, 0.2) is 182 Å². The molecule has 0 amide bonds. The second-order valence-electron chi connectivity index (χ2n) is 14.2. The molecule has 0 saturated carbocycles. The van der Waals surface area contributed by atoms with Crippen LogP contribution in [0, 0.1) is 0 Å². The number of hydrogen-bond acceptors (Lipinski definition) is 1. The molecule has 51 heavy (non-hydrogen) atoms. The van der Waals surface area contributed by atoms with E-state index in [0.29, 0.717) is 0 Å². The first-order chi connectivity index (χ1) is 25.1. The molecule has 0 atom stereocenters. The van der Waals surface area contributed by atoms with Crippen LogP contribution in [-0.2, 0) is 5.41 Å². The number of benzene rings is 8. The van der Waals surface area contributed by atoms with Gasteiger partial charge in [0.05, 0.1) is 11.0 Å². The molecule has 10 rings (SSSR count). The van der Waals surface area contributed by atoms with Crippen LogP contribution in [0.25, 0.3) is 60.5 Å². The van der Waals surface area contributed by atoms with Gasteiger partial charge in [-0.3, -0.25) is 0 Å². The Morgan fingerprint density at radius 2 is 1.08 bits per heavy atom. The fourth-order valence-electron chi connectivity index (χ4n) is 8.50. The Morgan fingerprint density at radius 3 is 1.94 bits per heavy atom. The molecule has 0 bridgehead atoms. The third-order valence-corrected chi connectivity index (χ3v) is 10.9. The fraction of sp³-hybridized carbons (Fsp3) is 0.0612. The van der Waals surface area contributed by atoms with Gasteiger partial charge < -0.3 is 9.47 Å². The summed E-state index contributed by atoms with van der Waals surface area (Å²) in [6.07, 6.45) is 0. The van der Waals surface area contributed by atoms with Crippen molar-refractivity contribution in [3.8, 4) is 27.9 Å². The molecule has 1 aliphatic rings. The van der Waals surface area contributed by atoms with E-state index in [2.05, 4.69) is 205 Å². The van der Waals surface area contributed by atoms with E-state index in [1.54, 1.807) is 0 Å². The Morgan fingerprint density at radius 1 is 0.431 bits per heavy atom. The summed E-state index contributed by atoms with van der Waals surface area (Å²) < 4.78 is 2.45. The van der Waals surface area contributed by atoms with Gasteiger partial charge in [0.15, 0.2) is 0 Å². The van der Waals surface area contributed by atoms with E-state index in [4.69, 9.17) is 0 Å². The summed E-state index contributed by atoms with van der Waals surface area (Å²) in [6.45, 7) is 4.69. The summed E-state index contributed by atoms with van der Waals surface area (Å²) in [5, 5.41) is 4.99. The number of anilines is 3. The van der Waals surface area contributed by atoms with Gasteiger partial charge in [0.2, 0.25) is 0 Å². The average molecular weight is 653 g/mol. The number of hydrogen-bond donors (Lipinski definition) is 0. The van der Waals surface area contributed by atoms with Crippen LogP contribution in [0.1, 0.15) is 25.0 Å². The third-order valence-electron chi connectivity index (χ3n) is 10.9. The van der Waals surface area contributed by atoms with E-state index in [0.717, 1.165) is 22.7 Å². The molecule has 0 aliphatic heterocycles. The molecule has 0 unspecified atom stereocenters. The van der Waals surface area contributed by atoms with Crippen LogP contribution in [-0.4, -0.2) is 4.57 Å². The van der Waals surface area contributed by atoms with Gasteiger partial charge >= 0.3 is 0 Å². The van der Waals surface area contributed by atoms with E-state index in [-0.39, 0.29) is 5.41 Å². The molecule has 0 radical (unpaired) electrons. The second-order valence-corrected chi connectivity index (χ2v) is 14.2. The molecule has 1 aliphatic carbocycles. The number of para-hydroxylation sites is 1. The van der Waals surface area contributed by atoms with Gasteiger partial charge in [-0.2, -0.15) is 0 Å². The van der Waals surface area contributed by atoms with E-state index in [9.17, 15) is 0 Å². The zero-order valence-corrected chi connectivity index (χ0v) is 28.7. The predicted octanol–water partition coefficient (Wildman–Crippen LogP) is 13.4. The van der Waals surface area contributed by atoms with Gasteiger partial charge in [-0.05, 0) is 87.3 Å². The Hall–Kier alpha value is -6.38. The first-order valence-corrected chi connectivity index (χ1v) is 17.8. The molecule has 2 heteroatoms. The molecular formula is C49H36N2. The maximum absolute atomic E-state index is 2.45. The minimum Gasteiger partial charge on any atom is -0.310 e. The van der Waals surface area contributed by atoms with Crippen molar-refractivity contribution in [3.63, 3.8) is 0 Å². The maximum atomic E-state index is 2.45. The lowest BCUT2D eigenvalue weighted by atomic mass is 9.82. The van der Waals surface area contributed by atoms with Crippen LogP contribution in [0.2, 0.25) is 0 Å². The summed E-state index contributed by atoms with van der Waals surface area (Å²) in [4.78, 5) is 2.44. The highest BCUT2D eigenvalue weighted by Crippen LogP contribution is 2.51. The van der Waals surface area contributed by atoms with Crippen LogP contribution in [0.5, 0.6) is 0 Å². The van der Waals surface area contributed by atoms with Crippen LogP contribution in [0.4, 0.5) is 17.1 Å². The van der Waals surface area contributed by atoms with Crippen molar-refractivity contribution in [1.29, 1.82) is 0 Å². The summed E-state index contributed by atoms with van der Waals surface area (Å²) in [5.74, 6) is 0. The number of aromatic nitrogens is 1. The molecule has 1 aromatic heterocycles. The topological polar surface area (TPSA) is 8.17 Å². The molecule has 9 aromatic rings. The van der Waals surface area contributed by atoms with Gasteiger partial charge in [-0.1, -0.05) is 147 Å². The zero-order valence-electron chi connectivity index (χ0n) is 28.7. The normalized spacial score (nSPS) is 13.1. The van der Waals surface area contributed by atoms with E-state index >= 15 is 0 Å². The molecule has 1 heterocycles. The molecule has 242 valence electrons. The zero-order chi connectivity index (χ0) is 34.1. The molecule has 0 N–H and O–H groups in total. The Bertz CT molecular complexity index is 2770. The van der Waals surface area contributed by atoms with Crippen molar-refractivity contribution in [2.24, 2.45) is 0 Å². The highest BCUT2D eigenvalue weighted by molar-refractivity contribution is 6.19. The van der Waals surface area contributed by atoms with Crippen molar-refractivity contribution >= 4 is 49.6 Å². The van der Waals surface area contributed by atoms with Crippen molar-refractivity contribution in [1.82, 2.24) is 4.57 Å². The standard InChI is InChI=1S/C49H36N2/c1-49(2)45-23-12-11-22-41(45)44-31-38(26-29-46(44)49)50(37-20-13-17-35(30-37)33-14-5-3-6-15-33)39-25-28-42-43-27-24-34-16-9-10-21-40(34)48(43)51(47(42)32-39)36-18-7-4-8-19-36/h3-32H,1-2H3. The van der Waals surface area contributed by atoms with Crippen molar-refractivity contribution in [2.75, 3.05) is 4.90 Å². The Labute approximate surface area is 298 Å². The summed E-state index contributed by atoms with van der Waals surface area (Å²) in [6, 6.07) is 66.7. The van der Waals surface area contributed by atoms with Crippen LogP contribution >= 0.6 is 0 Å². The van der Waals surface area contributed by atoms with Crippen molar-refractivity contribution < 1.29 is 0 Å². The number of fused-ring (bicyclic) bond motifs is 8. The molecular weight excluding hydrogens is 617 g/mol. The first-order valence-electron chi connectivity index (χ1n) is 17.8. The fourth-order valence-corrected chi connectivity index (χ4v) is 8.50. The Kier molecular flexibility index (Phi) is 6.56. The molecule has 2 nitrogen and oxygen atoms in total. The smallest absolute Gasteiger partial charge is 0.0619 e. The third kappa shape index (κ3) is 4.57. The minimum atomic E-state index is -0.0547. The lowest BCUT2D eigenvalue weighted by Gasteiger charge is -2.28. The number of nitrogens with zero attached hydrogens (tertiary/aromatic N) is 2. The van der Waals surface area contributed by atoms with Crippen LogP contribution in [0.3, 0.4) is 0 Å². The highest BCUT2D eigenvalue weighted by atomic mass is 15.1. The summed E-state index contributed by atoms with van der Waals surface area (Å²) in [7, 11) is 0. The van der Waals surface area contributed by atoms with Gasteiger partial charge in [0.1, 0.15) is 0 Å². The van der Waals surface area contributed by atoms with Gasteiger partial charge in [0, 0.05) is 44.3 Å². The van der Waals surface area contributed by atoms with Gasteiger partial charge in [-0.25, -0.2) is 0 Å². The monoisotopic (exact) mass is 652 g/mol. The SMILES string of the molecule is CC1(C)c2ccccc2-c2cc(N(c3cccc(-c4ccccc4)c3)c3ccc4c5ccc6ccccc6c5n(-c5ccccc5)c4c3)ccc21. The summed E-state index contributed by atoms with van der Waals surface area (Å²) >= 11 is 0. The average Bonchev–Trinajstić information content (AvgIpc) is 3.64. The highest BCUT2D eigenvalue weighted by Gasteiger charge is 2.35. The number of rotatable bonds is 5. The lowest BCUT2D eigenvalue weighted by Crippen LogP contribution is -2.15. The maximum Gasteiger partial charge on any atom is 0.0619 e. The molecule has 0 fully saturated rings. The second kappa shape index (κ2) is 11.3. The minimum absolute atomic E-state index is 0.0547. The van der Waals surface area contributed by atoms with Gasteiger partial charge in [-0.15, -0.1) is 0 Å². The predicted molar refractivity (Wildman–Crippen MR) is 216 cm³/mol. The van der Waals surface area contributed by atoms with E-state index < -0.39 is 0 Å². The van der Waals surface area contributed by atoms with Crippen LogP contribution < -0.4 is 4.90 Å². The van der Waals surface area contributed by atoms with E-state index in [1.807, 2.05) is 0 Å². The van der Waals surface area contributed by atoms with Crippen molar-refractivity contribution in [2.45, 2.75) is 19.3 Å². The molecule has 0 spiro atoms. The quantitative estimate of drug-likeness (QED) is 0.180. The van der Waals surface area contributed by atoms with Crippen molar-refractivity contribution in [3.05, 3.63) is 193 Å². The Balaban J connectivity index is 1.25.